The summed E-state index contributed by atoms with van der Waals surface area (Å²) < 4.78 is 11.5. The Morgan fingerprint density at radius 2 is 1.86 bits per heavy atom. The maximum Gasteiger partial charge on any atom is 0.313 e. The molecule has 2 unspecified atom stereocenters. The smallest absolute Gasteiger partial charge is 0.313 e. The highest BCUT2D eigenvalue weighted by Gasteiger charge is 2.45. The first-order valence-electron chi connectivity index (χ1n) is 11.6. The van der Waals surface area contributed by atoms with Crippen molar-refractivity contribution in [2.24, 2.45) is 0 Å². The van der Waals surface area contributed by atoms with E-state index in [-0.39, 0.29) is 23.4 Å². The molecular weight excluding hydrogens is 544 g/mol. The maximum atomic E-state index is 13.6. The van der Waals surface area contributed by atoms with Crippen molar-refractivity contribution >= 4 is 33.5 Å². The summed E-state index contributed by atoms with van der Waals surface area (Å²) in [6, 6.07) is 17.7. The van der Waals surface area contributed by atoms with Gasteiger partial charge in [0.15, 0.2) is 11.5 Å². The molecular formula is C27H25BrN2O7. The highest BCUT2D eigenvalue weighted by Crippen LogP contribution is 2.45. The number of non-ortho nitro benzene ring substituents is 1. The third-order valence-electron chi connectivity index (χ3n) is 6.29. The van der Waals surface area contributed by atoms with E-state index < -0.39 is 28.8 Å². The van der Waals surface area contributed by atoms with Crippen LogP contribution < -0.4 is 9.47 Å². The van der Waals surface area contributed by atoms with Crippen LogP contribution in [-0.4, -0.2) is 45.8 Å². The molecule has 9 nitrogen and oxygen atoms in total. The predicted octanol–water partition coefficient (Wildman–Crippen LogP) is 5.33. The van der Waals surface area contributed by atoms with Crippen LogP contribution in [0, 0.1) is 10.1 Å². The van der Waals surface area contributed by atoms with Gasteiger partial charge in [-0.15, -0.1) is 0 Å². The van der Waals surface area contributed by atoms with Crippen LogP contribution >= 0.6 is 15.9 Å². The number of amides is 1. The maximum absolute atomic E-state index is 13.6. The molecule has 0 spiro atoms. The fourth-order valence-corrected chi connectivity index (χ4v) is 4.83. The standard InChI is InChI=1S/C27H25BrN2O7/c1-36-23-14-18(8-11-22(23)37-16-17-6-3-2-4-7-17)25-24(27(32)33)20-10-9-19(30(34)35)15-21(20)26(31)29(25)13-5-12-28/h2-4,6-11,14-15,24-25H,5,12-13,16H2,1H3,(H,32,33). The number of rotatable bonds is 10. The topological polar surface area (TPSA) is 119 Å². The molecule has 0 aromatic heterocycles. The summed E-state index contributed by atoms with van der Waals surface area (Å²) in [6.07, 6.45) is 0.564. The molecule has 2 atom stereocenters. The number of hydrogen-bond acceptors (Lipinski definition) is 6. The molecule has 192 valence electrons. The lowest BCUT2D eigenvalue weighted by Crippen LogP contribution is -2.45. The van der Waals surface area contributed by atoms with Crippen molar-refractivity contribution in [3.8, 4) is 11.5 Å². The van der Waals surface area contributed by atoms with Crippen LogP contribution in [0.25, 0.3) is 0 Å². The molecule has 0 aliphatic carbocycles. The molecule has 1 amide bonds. The van der Waals surface area contributed by atoms with Crippen LogP contribution in [-0.2, 0) is 11.4 Å². The summed E-state index contributed by atoms with van der Waals surface area (Å²) in [5.41, 5.74) is 1.54. The van der Waals surface area contributed by atoms with E-state index in [4.69, 9.17) is 9.47 Å². The van der Waals surface area contributed by atoms with Crippen molar-refractivity contribution in [1.82, 2.24) is 4.90 Å². The molecule has 3 aromatic carbocycles. The first-order chi connectivity index (χ1) is 17.8. The summed E-state index contributed by atoms with van der Waals surface area (Å²) in [7, 11) is 1.49. The van der Waals surface area contributed by atoms with E-state index in [2.05, 4.69) is 15.9 Å². The summed E-state index contributed by atoms with van der Waals surface area (Å²) in [5, 5.41) is 22.2. The van der Waals surface area contributed by atoms with Crippen LogP contribution in [0.3, 0.4) is 0 Å². The zero-order chi connectivity index (χ0) is 26.5. The molecule has 1 N–H and O–H groups in total. The number of fused-ring (bicyclic) bond motifs is 1. The summed E-state index contributed by atoms with van der Waals surface area (Å²) in [5.74, 6) is -1.85. The molecule has 3 aromatic rings. The Morgan fingerprint density at radius 3 is 2.51 bits per heavy atom. The first-order valence-corrected chi connectivity index (χ1v) is 12.7. The Bertz CT molecular complexity index is 1320. The van der Waals surface area contributed by atoms with Crippen LogP contribution in [0.15, 0.2) is 66.7 Å². The Hall–Kier alpha value is -3.92. The molecule has 1 heterocycles. The highest BCUT2D eigenvalue weighted by atomic mass is 79.9. The minimum Gasteiger partial charge on any atom is -0.493 e. The molecule has 0 saturated heterocycles. The Morgan fingerprint density at radius 1 is 1.11 bits per heavy atom. The van der Waals surface area contributed by atoms with Gasteiger partial charge in [0.1, 0.15) is 12.5 Å². The van der Waals surface area contributed by atoms with Gasteiger partial charge in [-0.2, -0.15) is 0 Å². The van der Waals surface area contributed by atoms with E-state index in [9.17, 15) is 24.8 Å². The van der Waals surface area contributed by atoms with Gasteiger partial charge >= 0.3 is 5.97 Å². The number of nitro groups is 1. The van der Waals surface area contributed by atoms with Gasteiger partial charge in [-0.1, -0.05) is 58.4 Å². The molecule has 10 heteroatoms. The zero-order valence-electron chi connectivity index (χ0n) is 20.0. The normalized spacial score (nSPS) is 16.7. The third-order valence-corrected chi connectivity index (χ3v) is 6.85. The van der Waals surface area contributed by atoms with Crippen molar-refractivity contribution in [3.63, 3.8) is 0 Å². The van der Waals surface area contributed by atoms with Gasteiger partial charge in [0.2, 0.25) is 0 Å². The first kappa shape index (κ1) is 26.2. The average molecular weight is 569 g/mol. The molecule has 0 bridgehead atoms. The highest BCUT2D eigenvalue weighted by molar-refractivity contribution is 9.09. The van der Waals surface area contributed by atoms with Gasteiger partial charge < -0.3 is 19.5 Å². The number of carbonyl (C=O) groups is 2. The number of alkyl halides is 1. The van der Waals surface area contributed by atoms with Gasteiger partial charge in [-0.3, -0.25) is 19.7 Å². The second-order valence-corrected chi connectivity index (χ2v) is 9.31. The number of benzene rings is 3. The number of ether oxygens (including phenoxy) is 2. The lowest BCUT2D eigenvalue weighted by molar-refractivity contribution is -0.384. The average Bonchev–Trinajstić information content (AvgIpc) is 2.91. The van der Waals surface area contributed by atoms with Crippen LogP contribution in [0.1, 0.15) is 45.4 Å². The molecule has 4 rings (SSSR count). The molecule has 37 heavy (non-hydrogen) atoms. The van der Waals surface area contributed by atoms with Gasteiger partial charge in [0, 0.05) is 24.0 Å². The molecule has 1 aliphatic rings. The van der Waals surface area contributed by atoms with E-state index in [1.807, 2.05) is 30.3 Å². The van der Waals surface area contributed by atoms with Crippen molar-refractivity contribution in [1.29, 1.82) is 0 Å². The lowest BCUT2D eigenvalue weighted by atomic mass is 9.79. The number of halogens is 1. The number of hydrogen-bond donors (Lipinski definition) is 1. The molecule has 1 aliphatic heterocycles. The number of carbonyl (C=O) groups excluding carboxylic acids is 1. The minimum atomic E-state index is -1.14. The van der Waals surface area contributed by atoms with E-state index in [1.54, 1.807) is 18.2 Å². The molecule has 0 radical (unpaired) electrons. The quantitative estimate of drug-likeness (QED) is 0.199. The predicted molar refractivity (Wildman–Crippen MR) is 139 cm³/mol. The Balaban J connectivity index is 1.76. The number of methoxy groups -OCH3 is 1. The van der Waals surface area contributed by atoms with Gasteiger partial charge in [-0.05, 0) is 35.2 Å². The van der Waals surface area contributed by atoms with Crippen molar-refractivity contribution in [3.05, 3.63) is 99.1 Å². The number of carboxylic acid groups (broad SMARTS) is 1. The van der Waals surface area contributed by atoms with Crippen molar-refractivity contribution in [2.75, 3.05) is 19.0 Å². The van der Waals surface area contributed by atoms with Crippen LogP contribution in [0.2, 0.25) is 0 Å². The fraction of sp³-hybridized carbons (Fsp3) is 0.259. The van der Waals surface area contributed by atoms with Crippen molar-refractivity contribution in [2.45, 2.75) is 25.0 Å². The van der Waals surface area contributed by atoms with E-state index in [0.29, 0.717) is 35.4 Å². The van der Waals surface area contributed by atoms with Crippen molar-refractivity contribution < 1.29 is 29.1 Å². The second kappa shape index (κ2) is 11.4. The van der Waals surface area contributed by atoms with E-state index in [0.717, 1.165) is 11.6 Å². The Kier molecular flexibility index (Phi) is 8.08. The molecule has 0 fully saturated rings. The molecule has 0 saturated carbocycles. The van der Waals surface area contributed by atoms with Gasteiger partial charge in [0.25, 0.3) is 11.6 Å². The number of nitrogens with zero attached hydrogens (tertiary/aromatic N) is 2. The number of aliphatic carboxylic acids is 1. The lowest BCUT2D eigenvalue weighted by Gasteiger charge is -2.41. The summed E-state index contributed by atoms with van der Waals surface area (Å²) >= 11 is 3.37. The largest absolute Gasteiger partial charge is 0.493 e. The monoisotopic (exact) mass is 568 g/mol. The van der Waals surface area contributed by atoms with Crippen LogP contribution in [0.5, 0.6) is 11.5 Å². The van der Waals surface area contributed by atoms with Gasteiger partial charge in [0.05, 0.1) is 23.6 Å². The summed E-state index contributed by atoms with van der Waals surface area (Å²) in [6.45, 7) is 0.578. The second-order valence-electron chi connectivity index (χ2n) is 8.52. The van der Waals surface area contributed by atoms with E-state index >= 15 is 0 Å². The van der Waals surface area contributed by atoms with E-state index in [1.165, 1.54) is 24.1 Å². The van der Waals surface area contributed by atoms with Crippen LogP contribution in [0.4, 0.5) is 5.69 Å². The third kappa shape index (κ3) is 5.43. The Labute approximate surface area is 221 Å². The minimum absolute atomic E-state index is 0.0298. The SMILES string of the molecule is COc1cc(C2C(C(=O)O)c3ccc([N+](=O)[O-])cc3C(=O)N2CCCBr)ccc1OCc1ccccc1. The number of nitro benzene ring substituents is 1. The zero-order valence-corrected chi connectivity index (χ0v) is 21.6. The number of carboxylic acids is 1. The van der Waals surface area contributed by atoms with Gasteiger partial charge in [-0.25, -0.2) is 0 Å². The summed E-state index contributed by atoms with van der Waals surface area (Å²) in [4.78, 5) is 38.4. The fourth-order valence-electron chi connectivity index (χ4n) is 4.58.